The summed E-state index contributed by atoms with van der Waals surface area (Å²) in [4.78, 5) is 32.8. The number of hydrogen-bond acceptors (Lipinski definition) is 7. The van der Waals surface area contributed by atoms with Crippen LogP contribution in [0.3, 0.4) is 0 Å². The summed E-state index contributed by atoms with van der Waals surface area (Å²) in [6.45, 7) is 4.80. The molecule has 0 atom stereocenters. The zero-order chi connectivity index (χ0) is 13.5. The fraction of sp³-hybridized carbons (Fsp3) is 0.667. The predicted molar refractivity (Wildman–Crippen MR) is 58.4 cm³/mol. The van der Waals surface area contributed by atoms with Gasteiger partial charge in [0.25, 0.3) is 0 Å². The second kappa shape index (κ2) is 7.02. The van der Waals surface area contributed by atoms with Crippen LogP contribution in [-0.2, 0) is 33.0 Å². The Morgan fingerprint density at radius 3 is 1.53 bits per heavy atom. The second-order valence-electron chi connectivity index (χ2n) is 3.10. The molecular weight excluding hydrogens is 248 g/mol. The molecule has 98 valence electrons. The van der Waals surface area contributed by atoms with Crippen LogP contribution in [-0.4, -0.2) is 40.3 Å². The molecule has 8 heteroatoms. The number of carbonyl (C=O) groups excluding carboxylic acids is 3. The molecule has 0 saturated heterocycles. The monoisotopic (exact) mass is 264 g/mol. The van der Waals surface area contributed by atoms with Crippen LogP contribution in [0.25, 0.3) is 0 Å². The minimum atomic E-state index is -2.12. The maximum atomic E-state index is 10.9. The van der Waals surface area contributed by atoms with Crippen LogP contribution in [0.5, 0.6) is 0 Å². The van der Waals surface area contributed by atoms with Crippen LogP contribution in [0.15, 0.2) is 0 Å². The minimum absolute atomic E-state index is 0.325. The number of esters is 3. The summed E-state index contributed by atoms with van der Waals surface area (Å²) in [7, 11) is -0.841. The topological polar surface area (TPSA) is 88.1 Å². The molecule has 0 aliphatic carbocycles. The van der Waals surface area contributed by atoms with E-state index in [1.165, 1.54) is 0 Å². The van der Waals surface area contributed by atoms with Gasteiger partial charge in [-0.25, -0.2) is 0 Å². The molecule has 0 aliphatic heterocycles. The largest absolute Gasteiger partial charge is 0.447 e. The van der Waals surface area contributed by atoms with Crippen molar-refractivity contribution in [3.05, 3.63) is 0 Å². The van der Waals surface area contributed by atoms with Crippen molar-refractivity contribution in [2.75, 3.05) is 6.61 Å². The molecular formula is C9H16O7Si. The smallest absolute Gasteiger partial charge is 0.413 e. The van der Waals surface area contributed by atoms with Gasteiger partial charge in [0.1, 0.15) is 0 Å². The van der Waals surface area contributed by atoms with Crippen LogP contribution in [0.4, 0.5) is 0 Å². The second-order valence-corrected chi connectivity index (χ2v) is 4.09. The van der Waals surface area contributed by atoms with Gasteiger partial charge in [-0.05, 0) is 0 Å². The van der Waals surface area contributed by atoms with Gasteiger partial charge in [0.15, 0.2) is 16.4 Å². The van der Waals surface area contributed by atoms with E-state index in [0.29, 0.717) is 0 Å². The Hall–Kier alpha value is -1.41. The lowest BCUT2D eigenvalue weighted by molar-refractivity contribution is -0.336. The Morgan fingerprint density at radius 2 is 1.29 bits per heavy atom. The van der Waals surface area contributed by atoms with E-state index in [1.54, 1.807) is 0 Å². The molecule has 7 nitrogen and oxygen atoms in total. The molecule has 0 fully saturated rings. The van der Waals surface area contributed by atoms with Gasteiger partial charge in [-0.15, -0.1) is 0 Å². The highest BCUT2D eigenvalue weighted by Crippen LogP contribution is 2.17. The lowest BCUT2D eigenvalue weighted by Crippen LogP contribution is -2.47. The molecule has 0 spiro atoms. The van der Waals surface area contributed by atoms with E-state index < -0.39 is 33.6 Å². The summed E-state index contributed by atoms with van der Waals surface area (Å²) >= 11 is 0. The van der Waals surface area contributed by atoms with Gasteiger partial charge < -0.3 is 18.6 Å². The highest BCUT2D eigenvalue weighted by Gasteiger charge is 2.42. The van der Waals surface area contributed by atoms with Crippen LogP contribution in [0.1, 0.15) is 20.8 Å². The van der Waals surface area contributed by atoms with Crippen molar-refractivity contribution in [2.45, 2.75) is 33.3 Å². The Bertz CT molecular complexity index is 261. The first-order valence-electron chi connectivity index (χ1n) is 4.98. The maximum Gasteiger partial charge on any atom is 0.447 e. The normalized spacial score (nSPS) is 11.3. The average molecular weight is 264 g/mol. The number of ether oxygens (including phenoxy) is 3. The van der Waals surface area contributed by atoms with E-state index in [4.69, 9.17) is 18.6 Å². The molecule has 0 N–H and O–H groups in total. The average Bonchev–Trinajstić information content (AvgIpc) is 2.11. The highest BCUT2D eigenvalue weighted by molar-refractivity contribution is 6.24. The molecule has 0 aromatic carbocycles. The predicted octanol–water partition coefficient (Wildman–Crippen LogP) is -0.522. The molecule has 0 heterocycles. The zero-order valence-corrected chi connectivity index (χ0v) is 11.7. The van der Waals surface area contributed by atoms with Crippen LogP contribution < -0.4 is 0 Å². The number of rotatable bonds is 6. The first-order valence-corrected chi connectivity index (χ1v) is 6.97. The van der Waals surface area contributed by atoms with Gasteiger partial charge in [0, 0.05) is 20.8 Å². The van der Waals surface area contributed by atoms with E-state index in [2.05, 4.69) is 0 Å². The summed E-state index contributed by atoms with van der Waals surface area (Å²) in [5, 5.41) is 0. The summed E-state index contributed by atoms with van der Waals surface area (Å²) in [5.41, 5.74) is 0. The highest BCUT2D eigenvalue weighted by atomic mass is 28.2. The third-order valence-electron chi connectivity index (χ3n) is 1.38. The van der Waals surface area contributed by atoms with E-state index in [-0.39, 0.29) is 6.61 Å². The van der Waals surface area contributed by atoms with Gasteiger partial charge in [-0.1, -0.05) is 6.55 Å². The van der Waals surface area contributed by atoms with Crippen molar-refractivity contribution in [3.63, 3.8) is 0 Å². The van der Waals surface area contributed by atoms with E-state index in [0.717, 1.165) is 20.8 Å². The van der Waals surface area contributed by atoms with Crippen LogP contribution >= 0.6 is 0 Å². The zero-order valence-electron chi connectivity index (χ0n) is 10.3. The quantitative estimate of drug-likeness (QED) is 0.362. The van der Waals surface area contributed by atoms with Crippen molar-refractivity contribution in [1.29, 1.82) is 0 Å². The van der Waals surface area contributed by atoms with Crippen molar-refractivity contribution in [2.24, 2.45) is 0 Å². The molecule has 0 rings (SSSR count). The van der Waals surface area contributed by atoms with Crippen molar-refractivity contribution >= 4 is 27.7 Å². The lowest BCUT2D eigenvalue weighted by Gasteiger charge is -2.29. The van der Waals surface area contributed by atoms with Crippen LogP contribution in [0, 0.1) is 0 Å². The molecule has 0 radical (unpaired) electrons. The van der Waals surface area contributed by atoms with Crippen molar-refractivity contribution in [1.82, 2.24) is 0 Å². The SMILES string of the molecule is C[SiH2]OCC(OC(C)=O)(OC(C)=O)OC(C)=O. The molecule has 0 saturated carbocycles. The van der Waals surface area contributed by atoms with E-state index in [1.807, 2.05) is 6.55 Å². The first kappa shape index (κ1) is 15.6. The van der Waals surface area contributed by atoms with Gasteiger partial charge in [-0.2, -0.15) is 0 Å². The molecule has 17 heavy (non-hydrogen) atoms. The lowest BCUT2D eigenvalue weighted by atomic mass is 10.5. The molecule has 0 aromatic heterocycles. The third kappa shape index (κ3) is 6.69. The van der Waals surface area contributed by atoms with Gasteiger partial charge >= 0.3 is 23.9 Å². The molecule has 0 unspecified atom stereocenters. The first-order chi connectivity index (χ1) is 7.81. The summed E-state index contributed by atoms with van der Waals surface area (Å²) in [6.07, 6.45) is 0. The van der Waals surface area contributed by atoms with E-state index >= 15 is 0 Å². The fourth-order valence-corrected chi connectivity index (χ4v) is 1.49. The Morgan fingerprint density at radius 1 is 0.941 bits per heavy atom. The summed E-state index contributed by atoms with van der Waals surface area (Å²) in [6, 6.07) is 0. The van der Waals surface area contributed by atoms with Crippen LogP contribution in [0.2, 0.25) is 6.55 Å². The minimum Gasteiger partial charge on any atom is -0.413 e. The molecule has 0 aliphatic rings. The third-order valence-corrected chi connectivity index (χ3v) is 1.99. The maximum absolute atomic E-state index is 10.9. The summed E-state index contributed by atoms with van der Waals surface area (Å²) < 4.78 is 19.3. The standard InChI is InChI=1S/C9H16O7Si/c1-6(10)14-9(5-13-17-4,15-7(2)11)16-8(3)12/h5,17H2,1-4H3. The van der Waals surface area contributed by atoms with Gasteiger partial charge in [0.2, 0.25) is 0 Å². The number of carbonyl (C=O) groups is 3. The summed E-state index contributed by atoms with van der Waals surface area (Å²) in [5.74, 6) is -4.39. The number of hydrogen-bond donors (Lipinski definition) is 0. The van der Waals surface area contributed by atoms with E-state index in [9.17, 15) is 14.4 Å². The van der Waals surface area contributed by atoms with Crippen molar-refractivity contribution in [3.8, 4) is 0 Å². The van der Waals surface area contributed by atoms with Gasteiger partial charge in [-0.3, -0.25) is 14.4 Å². The fourth-order valence-electron chi connectivity index (χ4n) is 1.03. The molecule has 0 amide bonds. The van der Waals surface area contributed by atoms with Gasteiger partial charge in [0.05, 0.1) is 0 Å². The molecule has 0 bridgehead atoms. The Labute approximate surface area is 101 Å². The molecule has 0 aromatic rings. The van der Waals surface area contributed by atoms with Crippen molar-refractivity contribution < 1.29 is 33.0 Å². The Balaban J connectivity index is 4.95. The Kier molecular flexibility index (Phi) is 6.44.